The van der Waals surface area contributed by atoms with E-state index in [1.807, 2.05) is 24.3 Å². The lowest BCUT2D eigenvalue weighted by molar-refractivity contribution is 0.0940. The predicted octanol–water partition coefficient (Wildman–Crippen LogP) is 4.33. The molecule has 30 heavy (non-hydrogen) atoms. The number of carbonyl (C=O) groups is 1. The largest absolute Gasteiger partial charge is 0.367 e. The summed E-state index contributed by atoms with van der Waals surface area (Å²) in [5.74, 6) is -0.0160. The fourth-order valence-electron chi connectivity index (χ4n) is 4.46. The van der Waals surface area contributed by atoms with Crippen LogP contribution in [0.25, 0.3) is 0 Å². The van der Waals surface area contributed by atoms with Gasteiger partial charge in [0.25, 0.3) is 5.91 Å². The number of amides is 1. The van der Waals surface area contributed by atoms with Crippen LogP contribution >= 0.6 is 11.6 Å². The highest BCUT2D eigenvalue weighted by atomic mass is 35.5. The molecular weight excluding hydrogens is 396 g/mol. The highest BCUT2D eigenvalue weighted by Crippen LogP contribution is 2.30. The van der Waals surface area contributed by atoms with Crippen LogP contribution in [0.1, 0.15) is 54.2 Å². The van der Waals surface area contributed by atoms with Gasteiger partial charge in [0, 0.05) is 49.0 Å². The van der Waals surface area contributed by atoms with Crippen molar-refractivity contribution in [1.29, 1.82) is 5.26 Å². The fraction of sp³-hybridized carbons (Fsp3) is 0.417. The molecule has 1 saturated heterocycles. The summed E-state index contributed by atoms with van der Waals surface area (Å²) < 4.78 is 0. The molecular formula is C24H27ClN4O. The first kappa shape index (κ1) is 20.7. The number of anilines is 1. The molecule has 156 valence electrons. The van der Waals surface area contributed by atoms with Crippen molar-refractivity contribution in [2.45, 2.75) is 58.4 Å². The Labute approximate surface area is 183 Å². The Balaban J connectivity index is 1.42. The van der Waals surface area contributed by atoms with Gasteiger partial charge in [0.15, 0.2) is 0 Å². The van der Waals surface area contributed by atoms with E-state index in [1.165, 1.54) is 11.1 Å². The number of nitrogens with one attached hydrogen (secondary N) is 1. The second-order valence-corrected chi connectivity index (χ2v) is 9.07. The van der Waals surface area contributed by atoms with E-state index in [9.17, 15) is 4.79 Å². The molecule has 0 aliphatic carbocycles. The van der Waals surface area contributed by atoms with E-state index in [1.54, 1.807) is 6.07 Å². The number of nitriles is 1. The normalized spacial score (nSPS) is 21.0. The molecule has 2 aliphatic rings. The van der Waals surface area contributed by atoms with Crippen molar-refractivity contribution < 1.29 is 4.79 Å². The molecule has 6 heteroatoms. The number of hydrogen-bond donors (Lipinski definition) is 1. The highest BCUT2D eigenvalue weighted by molar-refractivity contribution is 6.32. The van der Waals surface area contributed by atoms with Crippen molar-refractivity contribution in [3.05, 3.63) is 63.7 Å². The van der Waals surface area contributed by atoms with E-state index in [0.717, 1.165) is 37.3 Å². The van der Waals surface area contributed by atoms with Gasteiger partial charge in [-0.1, -0.05) is 17.7 Å². The minimum atomic E-state index is -0.0160. The topological polar surface area (TPSA) is 59.4 Å². The molecule has 2 aromatic rings. The zero-order valence-corrected chi connectivity index (χ0v) is 18.4. The SMILES string of the molecule is CC(C)N1Cc2ccc(C(=O)N[C@@H]3C[C@H](C)N(c4ccc(C#N)c(Cl)c4)C3)cc2C1. The van der Waals surface area contributed by atoms with E-state index in [0.29, 0.717) is 16.6 Å². The fourth-order valence-corrected chi connectivity index (χ4v) is 4.68. The van der Waals surface area contributed by atoms with E-state index >= 15 is 0 Å². The summed E-state index contributed by atoms with van der Waals surface area (Å²) in [4.78, 5) is 17.5. The third-order valence-corrected chi connectivity index (χ3v) is 6.57. The number of fused-ring (bicyclic) bond motifs is 1. The zero-order valence-electron chi connectivity index (χ0n) is 17.7. The van der Waals surface area contributed by atoms with Crippen molar-refractivity contribution >= 4 is 23.2 Å². The summed E-state index contributed by atoms with van der Waals surface area (Å²) in [5.41, 5.74) is 4.76. The van der Waals surface area contributed by atoms with Gasteiger partial charge in [0.1, 0.15) is 6.07 Å². The van der Waals surface area contributed by atoms with E-state index in [4.69, 9.17) is 16.9 Å². The minimum absolute atomic E-state index is 0.0160. The van der Waals surface area contributed by atoms with Gasteiger partial charge in [-0.3, -0.25) is 9.69 Å². The monoisotopic (exact) mass is 422 g/mol. The van der Waals surface area contributed by atoms with Gasteiger partial charge >= 0.3 is 0 Å². The Morgan fingerprint density at radius 2 is 1.97 bits per heavy atom. The number of rotatable bonds is 4. The van der Waals surface area contributed by atoms with Crippen LogP contribution in [0.3, 0.4) is 0 Å². The Hall–Kier alpha value is -2.55. The first-order valence-corrected chi connectivity index (χ1v) is 10.9. The summed E-state index contributed by atoms with van der Waals surface area (Å²) in [6.45, 7) is 9.13. The summed E-state index contributed by atoms with van der Waals surface area (Å²) in [6.07, 6.45) is 0.870. The van der Waals surface area contributed by atoms with E-state index in [2.05, 4.69) is 48.0 Å². The molecule has 0 aromatic heterocycles. The van der Waals surface area contributed by atoms with Gasteiger partial charge < -0.3 is 10.2 Å². The van der Waals surface area contributed by atoms with Crippen molar-refractivity contribution in [1.82, 2.24) is 10.2 Å². The van der Waals surface area contributed by atoms with Crippen molar-refractivity contribution in [2.75, 3.05) is 11.4 Å². The zero-order chi connectivity index (χ0) is 21.4. The van der Waals surface area contributed by atoms with Gasteiger partial charge in [-0.05, 0) is 68.7 Å². The Bertz CT molecular complexity index is 1010. The van der Waals surface area contributed by atoms with Gasteiger partial charge in [0.2, 0.25) is 0 Å². The van der Waals surface area contributed by atoms with E-state index in [-0.39, 0.29) is 18.0 Å². The maximum atomic E-state index is 12.9. The van der Waals surface area contributed by atoms with E-state index < -0.39 is 0 Å². The second kappa shape index (κ2) is 8.29. The summed E-state index contributed by atoms with van der Waals surface area (Å²) in [7, 11) is 0. The number of nitrogens with zero attached hydrogens (tertiary/aromatic N) is 3. The average Bonchev–Trinajstić information content (AvgIpc) is 3.30. The molecule has 0 bridgehead atoms. The number of halogens is 1. The van der Waals surface area contributed by atoms with Crippen LogP contribution in [0.15, 0.2) is 36.4 Å². The standard InChI is InChI=1S/C24H27ClN4O/c1-15(2)28-12-19-5-4-17(9-20(19)13-28)24(30)27-21-8-16(3)29(14-21)22-7-6-18(11-26)23(25)10-22/h4-7,9-10,15-16,21H,8,12-14H2,1-3H3,(H,27,30)/t16-,21+/m0/s1. The molecule has 2 aliphatic heterocycles. The molecule has 2 atom stereocenters. The molecule has 5 nitrogen and oxygen atoms in total. The molecule has 0 radical (unpaired) electrons. The number of carbonyl (C=O) groups excluding carboxylic acids is 1. The first-order valence-electron chi connectivity index (χ1n) is 10.5. The maximum Gasteiger partial charge on any atom is 0.251 e. The van der Waals surface area contributed by atoms with Crippen LogP contribution in [0.4, 0.5) is 5.69 Å². The maximum absolute atomic E-state index is 12.9. The quantitative estimate of drug-likeness (QED) is 0.796. The molecule has 1 N–H and O–H groups in total. The van der Waals surface area contributed by atoms with Crippen molar-refractivity contribution in [2.24, 2.45) is 0 Å². The summed E-state index contributed by atoms with van der Waals surface area (Å²) in [5, 5.41) is 12.7. The molecule has 1 fully saturated rings. The first-order chi connectivity index (χ1) is 14.4. The van der Waals surface area contributed by atoms with Gasteiger partial charge in [-0.2, -0.15) is 5.26 Å². The lowest BCUT2D eigenvalue weighted by Crippen LogP contribution is -2.37. The van der Waals surface area contributed by atoms with Crippen LogP contribution < -0.4 is 10.2 Å². The third-order valence-electron chi connectivity index (χ3n) is 6.26. The van der Waals surface area contributed by atoms with Crippen molar-refractivity contribution in [3.8, 4) is 6.07 Å². The van der Waals surface area contributed by atoms with Crippen molar-refractivity contribution in [3.63, 3.8) is 0 Å². The smallest absolute Gasteiger partial charge is 0.251 e. The van der Waals surface area contributed by atoms with Gasteiger partial charge in [0.05, 0.1) is 10.6 Å². The lowest BCUT2D eigenvalue weighted by atomic mass is 10.1. The lowest BCUT2D eigenvalue weighted by Gasteiger charge is -2.24. The Morgan fingerprint density at radius 3 is 2.67 bits per heavy atom. The number of hydrogen-bond acceptors (Lipinski definition) is 4. The highest BCUT2D eigenvalue weighted by Gasteiger charge is 2.31. The molecule has 0 saturated carbocycles. The van der Waals surface area contributed by atoms with Crippen LogP contribution in [0.2, 0.25) is 5.02 Å². The number of benzene rings is 2. The predicted molar refractivity (Wildman–Crippen MR) is 120 cm³/mol. The van der Waals surface area contributed by atoms with Crippen LogP contribution in [0.5, 0.6) is 0 Å². The molecule has 0 spiro atoms. The Kier molecular flexibility index (Phi) is 5.73. The molecule has 2 aromatic carbocycles. The molecule has 4 rings (SSSR count). The van der Waals surface area contributed by atoms with Gasteiger partial charge in [-0.15, -0.1) is 0 Å². The second-order valence-electron chi connectivity index (χ2n) is 8.67. The summed E-state index contributed by atoms with van der Waals surface area (Å²) in [6, 6.07) is 14.5. The minimum Gasteiger partial charge on any atom is -0.367 e. The Morgan fingerprint density at radius 1 is 1.20 bits per heavy atom. The van der Waals surface area contributed by atoms with Crippen LogP contribution in [0, 0.1) is 11.3 Å². The third kappa shape index (κ3) is 4.03. The van der Waals surface area contributed by atoms with Gasteiger partial charge in [-0.25, -0.2) is 0 Å². The molecule has 1 amide bonds. The van der Waals surface area contributed by atoms with Crippen LogP contribution in [-0.2, 0) is 13.1 Å². The molecule has 2 heterocycles. The average molecular weight is 423 g/mol. The molecule has 0 unspecified atom stereocenters. The van der Waals surface area contributed by atoms with Crippen LogP contribution in [-0.4, -0.2) is 35.5 Å². The summed E-state index contributed by atoms with van der Waals surface area (Å²) >= 11 is 6.21.